The Morgan fingerprint density at radius 2 is 1.87 bits per heavy atom. The van der Waals surface area contributed by atoms with Crippen LogP contribution in [0.25, 0.3) is 0 Å². The minimum absolute atomic E-state index is 0.208. The summed E-state index contributed by atoms with van der Waals surface area (Å²) in [5.41, 5.74) is 1.51. The smallest absolute Gasteiger partial charge is 0.351 e. The zero-order valence-electron chi connectivity index (χ0n) is 17.8. The number of hydrogen-bond donors (Lipinski definition) is 3. The molecule has 1 amide bonds. The third-order valence-electron chi connectivity index (χ3n) is 3.63. The molecule has 0 spiro atoms. The van der Waals surface area contributed by atoms with Crippen LogP contribution in [0.3, 0.4) is 0 Å². The topological polar surface area (TPSA) is 148 Å². The standard InChI is InChI=1S/C18H28N2O4.C2H2O4/c1-5-7-12-23-17-15(9-8-10-16(17)22-4)18(21)19-11-13-24-20-14(3)6-2;3-1(4)2(5)6/h8-10H,5-7,11-13H2,1-4H3,(H,19,21);(H,3,4)(H,5,6)/b20-14+;. The molecule has 10 heteroatoms. The third kappa shape index (κ3) is 10.9. The van der Waals surface area contributed by atoms with Crippen molar-refractivity contribution in [3.63, 3.8) is 0 Å². The maximum atomic E-state index is 12.4. The molecule has 0 saturated carbocycles. The molecule has 0 aromatic heterocycles. The van der Waals surface area contributed by atoms with E-state index >= 15 is 0 Å². The fraction of sp³-hybridized carbons (Fsp3) is 0.500. The molecule has 0 heterocycles. The molecule has 168 valence electrons. The van der Waals surface area contributed by atoms with E-state index in [4.69, 9.17) is 34.1 Å². The number of methoxy groups -OCH3 is 1. The minimum Gasteiger partial charge on any atom is -0.539 e. The van der Waals surface area contributed by atoms with E-state index < -0.39 is 11.9 Å². The number of aliphatic carboxylic acids is 2. The van der Waals surface area contributed by atoms with Crippen molar-refractivity contribution in [2.45, 2.75) is 40.0 Å². The second kappa shape index (κ2) is 15.6. The molecule has 1 rings (SSSR count). The number of para-hydroxylation sites is 1. The van der Waals surface area contributed by atoms with Crippen molar-refractivity contribution < 1.29 is 44.1 Å². The Hall–Kier alpha value is -3.30. The van der Waals surface area contributed by atoms with Gasteiger partial charge in [-0.2, -0.15) is 0 Å². The number of carboxylic acid groups (broad SMARTS) is 2. The normalized spacial score (nSPS) is 10.3. The second-order valence-corrected chi connectivity index (χ2v) is 5.97. The van der Waals surface area contributed by atoms with E-state index in [1.54, 1.807) is 25.3 Å². The Bertz CT molecular complexity index is 707. The third-order valence-corrected chi connectivity index (χ3v) is 3.63. The van der Waals surface area contributed by atoms with Gasteiger partial charge in [0.25, 0.3) is 5.91 Å². The maximum Gasteiger partial charge on any atom is 0.351 e. The van der Waals surface area contributed by atoms with Crippen LogP contribution in [0.5, 0.6) is 11.5 Å². The van der Waals surface area contributed by atoms with Crippen molar-refractivity contribution in [3.8, 4) is 11.5 Å². The van der Waals surface area contributed by atoms with Crippen LogP contribution >= 0.6 is 0 Å². The molecule has 3 N–H and O–H groups in total. The van der Waals surface area contributed by atoms with Gasteiger partial charge in [-0.3, -0.25) is 9.63 Å². The first-order chi connectivity index (χ1) is 14.3. The summed E-state index contributed by atoms with van der Waals surface area (Å²) < 4.78 is 11.1. The maximum absolute atomic E-state index is 12.4. The van der Waals surface area contributed by atoms with Crippen LogP contribution in [0.4, 0.5) is 0 Å². The van der Waals surface area contributed by atoms with Crippen molar-refractivity contribution in [2.75, 3.05) is 26.9 Å². The molecular formula is C20H30N2O8. The fourth-order valence-corrected chi connectivity index (χ4v) is 1.88. The van der Waals surface area contributed by atoms with Crippen LogP contribution in [0.2, 0.25) is 0 Å². The summed E-state index contributed by atoms with van der Waals surface area (Å²) >= 11 is 0. The lowest BCUT2D eigenvalue weighted by molar-refractivity contribution is -0.753. The summed E-state index contributed by atoms with van der Waals surface area (Å²) in [6.45, 7) is 7.40. The number of carboxylic acids is 2. The number of nitrogens with one attached hydrogen (secondary N) is 2. The highest BCUT2D eigenvalue weighted by Crippen LogP contribution is 2.31. The van der Waals surface area contributed by atoms with Crippen molar-refractivity contribution >= 4 is 23.6 Å². The van der Waals surface area contributed by atoms with E-state index in [0.717, 1.165) is 25.0 Å². The van der Waals surface area contributed by atoms with Crippen LogP contribution in [0.1, 0.15) is 50.4 Å². The molecule has 10 nitrogen and oxygen atoms in total. The van der Waals surface area contributed by atoms with Gasteiger partial charge >= 0.3 is 5.97 Å². The Labute approximate surface area is 175 Å². The van der Waals surface area contributed by atoms with E-state index in [1.807, 2.05) is 13.8 Å². The predicted octanol–water partition coefficient (Wildman–Crippen LogP) is -0.692. The number of amides is 1. The highest BCUT2D eigenvalue weighted by Gasteiger charge is 2.16. The molecule has 0 unspecified atom stereocenters. The molecule has 0 bridgehead atoms. The van der Waals surface area contributed by atoms with Crippen LogP contribution in [0, 0.1) is 0 Å². The Morgan fingerprint density at radius 3 is 2.40 bits per heavy atom. The van der Waals surface area contributed by atoms with Crippen LogP contribution in [0.15, 0.2) is 18.2 Å². The first-order valence-electron chi connectivity index (χ1n) is 9.50. The number of rotatable bonds is 11. The number of carbonyl (C=O) groups excluding carboxylic acids is 2. The van der Waals surface area contributed by atoms with Gasteiger partial charge in [0.2, 0.25) is 0 Å². The summed E-state index contributed by atoms with van der Waals surface area (Å²) in [6, 6.07) is 5.29. The molecule has 0 aliphatic rings. The predicted molar refractivity (Wildman–Crippen MR) is 106 cm³/mol. The lowest BCUT2D eigenvalue weighted by atomic mass is 10.1. The largest absolute Gasteiger partial charge is 0.539 e. The Balaban J connectivity index is 0.00000122. The Morgan fingerprint density at radius 1 is 1.20 bits per heavy atom. The zero-order valence-corrected chi connectivity index (χ0v) is 17.8. The number of unbranched alkanes of at least 4 members (excludes halogenated alkanes) is 1. The van der Waals surface area contributed by atoms with Crippen LogP contribution < -0.4 is 25.1 Å². The molecule has 0 aliphatic heterocycles. The molecule has 0 atom stereocenters. The summed E-state index contributed by atoms with van der Waals surface area (Å²) in [6.07, 6.45) is 2.84. The highest BCUT2D eigenvalue weighted by atomic mass is 16.6. The zero-order chi connectivity index (χ0) is 22.9. The number of benzene rings is 1. The van der Waals surface area contributed by atoms with Gasteiger partial charge in [0.15, 0.2) is 29.8 Å². The lowest BCUT2D eigenvalue weighted by Crippen LogP contribution is -2.71. The quantitative estimate of drug-likeness (QED) is 0.182. The van der Waals surface area contributed by atoms with Gasteiger partial charge in [0, 0.05) is 13.3 Å². The van der Waals surface area contributed by atoms with E-state index in [-0.39, 0.29) is 5.91 Å². The SMILES string of the molecule is CCCCOc1c(OC)cccc1C(=O)NCCO/[NH+]=C(\C)CC.O=C([O-])C(=O)O. The number of carbonyl (C=O) groups is 3. The van der Waals surface area contributed by atoms with Gasteiger partial charge in [-0.1, -0.05) is 26.3 Å². The van der Waals surface area contributed by atoms with Gasteiger partial charge in [0.1, 0.15) is 0 Å². The number of ether oxygens (including phenoxy) is 2. The first kappa shape index (κ1) is 26.7. The van der Waals surface area contributed by atoms with Gasteiger partial charge in [-0.25, -0.2) is 4.79 Å². The monoisotopic (exact) mass is 426 g/mol. The van der Waals surface area contributed by atoms with Crippen molar-refractivity contribution in [1.29, 1.82) is 0 Å². The van der Waals surface area contributed by atoms with Gasteiger partial charge in [-0.15, -0.1) is 0 Å². The van der Waals surface area contributed by atoms with E-state index in [0.29, 0.717) is 36.8 Å². The van der Waals surface area contributed by atoms with Crippen molar-refractivity contribution in [3.05, 3.63) is 23.8 Å². The molecule has 0 radical (unpaired) electrons. The number of hydrogen-bond acceptors (Lipinski definition) is 7. The minimum atomic E-state index is -2.07. The molecule has 1 aromatic carbocycles. The lowest BCUT2D eigenvalue weighted by Gasteiger charge is -2.14. The van der Waals surface area contributed by atoms with E-state index in [9.17, 15) is 4.79 Å². The molecule has 30 heavy (non-hydrogen) atoms. The van der Waals surface area contributed by atoms with Gasteiger partial charge in [-0.05, 0) is 23.7 Å². The average molecular weight is 426 g/mol. The van der Waals surface area contributed by atoms with Crippen LogP contribution in [-0.4, -0.2) is 55.5 Å². The fourth-order valence-electron chi connectivity index (χ4n) is 1.88. The summed E-state index contributed by atoms with van der Waals surface area (Å²) in [5, 5.41) is 22.0. The van der Waals surface area contributed by atoms with Crippen molar-refractivity contribution in [1.82, 2.24) is 5.32 Å². The summed E-state index contributed by atoms with van der Waals surface area (Å²) in [4.78, 5) is 35.7. The molecular weight excluding hydrogens is 396 g/mol. The molecule has 1 aromatic rings. The molecule has 0 saturated heterocycles. The molecule has 0 aliphatic carbocycles. The van der Waals surface area contributed by atoms with E-state index in [1.165, 1.54) is 0 Å². The molecule has 0 fully saturated rings. The van der Waals surface area contributed by atoms with Crippen LogP contribution in [-0.2, 0) is 14.4 Å². The average Bonchev–Trinajstić information content (AvgIpc) is 2.73. The summed E-state index contributed by atoms with van der Waals surface area (Å²) in [5.74, 6) is -3.17. The van der Waals surface area contributed by atoms with Gasteiger partial charge < -0.3 is 29.8 Å². The first-order valence-corrected chi connectivity index (χ1v) is 9.50. The van der Waals surface area contributed by atoms with E-state index in [2.05, 4.69) is 17.4 Å². The Kier molecular flexibility index (Phi) is 13.9. The van der Waals surface area contributed by atoms with Crippen molar-refractivity contribution in [2.24, 2.45) is 0 Å². The van der Waals surface area contributed by atoms with Gasteiger partial charge in [0.05, 0.1) is 25.8 Å². The highest BCUT2D eigenvalue weighted by molar-refractivity contribution is 6.26. The summed E-state index contributed by atoms with van der Waals surface area (Å²) in [7, 11) is 1.57. The second-order valence-electron chi connectivity index (χ2n) is 5.97.